The number of aromatic nitrogens is 3. The zero-order valence-electron chi connectivity index (χ0n) is 14.2. The molecule has 0 aromatic carbocycles. The number of carbonyl (C=O) groups is 2. The first kappa shape index (κ1) is 17.5. The van der Waals surface area contributed by atoms with Gasteiger partial charge in [-0.2, -0.15) is 0 Å². The van der Waals surface area contributed by atoms with Crippen LogP contribution in [-0.2, 0) is 25.4 Å². The van der Waals surface area contributed by atoms with Gasteiger partial charge < -0.3 is 9.72 Å². The maximum Gasteiger partial charge on any atom is 0.355 e. The number of carbonyl (C=O) groups excluding carboxylic acids is 2. The van der Waals surface area contributed by atoms with Crippen LogP contribution in [0, 0.1) is 13.8 Å². The van der Waals surface area contributed by atoms with Crippen LogP contribution >= 0.6 is 0 Å². The highest BCUT2D eigenvalue weighted by Crippen LogP contribution is 2.19. The molecule has 8 nitrogen and oxygen atoms in total. The van der Waals surface area contributed by atoms with E-state index in [1.807, 2.05) is 0 Å². The van der Waals surface area contributed by atoms with Crippen molar-refractivity contribution in [3.05, 3.63) is 55.1 Å². The van der Waals surface area contributed by atoms with Crippen molar-refractivity contribution in [2.24, 2.45) is 14.1 Å². The smallest absolute Gasteiger partial charge is 0.355 e. The summed E-state index contributed by atoms with van der Waals surface area (Å²) in [5, 5.41) is 0. The van der Waals surface area contributed by atoms with Crippen LogP contribution in [0.4, 0.5) is 0 Å². The summed E-state index contributed by atoms with van der Waals surface area (Å²) >= 11 is 0. The van der Waals surface area contributed by atoms with Crippen molar-refractivity contribution in [2.45, 2.75) is 27.4 Å². The number of ether oxygens (including phenoxy) is 1. The average Bonchev–Trinajstić information content (AvgIpc) is 2.82. The third-order valence-corrected chi connectivity index (χ3v) is 3.97. The molecule has 0 aliphatic heterocycles. The minimum absolute atomic E-state index is 0.144. The SMILES string of the molecule is CC(=O)c1c(C)[nH]c(C(=O)OCc2cc(=O)n(C)c(=O)n2C)c1C. The highest BCUT2D eigenvalue weighted by atomic mass is 16.5. The van der Waals surface area contributed by atoms with Crippen molar-refractivity contribution in [1.82, 2.24) is 14.1 Å². The minimum Gasteiger partial charge on any atom is -0.455 e. The summed E-state index contributed by atoms with van der Waals surface area (Å²) in [4.78, 5) is 50.2. The highest BCUT2D eigenvalue weighted by molar-refractivity contribution is 6.01. The van der Waals surface area contributed by atoms with Crippen LogP contribution in [0.15, 0.2) is 15.7 Å². The largest absolute Gasteiger partial charge is 0.455 e. The van der Waals surface area contributed by atoms with Gasteiger partial charge in [-0.25, -0.2) is 9.59 Å². The summed E-state index contributed by atoms with van der Waals surface area (Å²) < 4.78 is 7.38. The molecule has 0 fully saturated rings. The molecule has 128 valence electrons. The van der Waals surface area contributed by atoms with E-state index in [1.165, 1.54) is 31.7 Å². The van der Waals surface area contributed by atoms with Gasteiger partial charge in [0.25, 0.3) is 5.56 Å². The maximum absolute atomic E-state index is 12.2. The molecule has 8 heteroatoms. The summed E-state index contributed by atoms with van der Waals surface area (Å²) in [6, 6.07) is 1.24. The van der Waals surface area contributed by atoms with Crippen LogP contribution in [-0.4, -0.2) is 25.9 Å². The van der Waals surface area contributed by atoms with Gasteiger partial charge in [-0.3, -0.25) is 18.7 Å². The Balaban J connectivity index is 2.27. The molecule has 0 saturated carbocycles. The Morgan fingerprint density at radius 1 is 1.17 bits per heavy atom. The number of hydrogen-bond donors (Lipinski definition) is 1. The molecule has 0 radical (unpaired) electrons. The van der Waals surface area contributed by atoms with E-state index in [9.17, 15) is 19.2 Å². The third kappa shape index (κ3) is 2.94. The maximum atomic E-state index is 12.2. The molecule has 0 aliphatic rings. The predicted molar refractivity (Wildman–Crippen MR) is 86.3 cm³/mol. The second kappa shape index (κ2) is 6.31. The monoisotopic (exact) mass is 333 g/mol. The molecule has 0 unspecified atom stereocenters. The van der Waals surface area contributed by atoms with Crippen LogP contribution in [0.2, 0.25) is 0 Å². The number of ketones is 1. The van der Waals surface area contributed by atoms with E-state index in [0.29, 0.717) is 16.8 Å². The Morgan fingerprint density at radius 3 is 2.33 bits per heavy atom. The Hall–Kier alpha value is -2.90. The Kier molecular flexibility index (Phi) is 4.59. The van der Waals surface area contributed by atoms with E-state index in [4.69, 9.17) is 4.74 Å². The second-order valence-electron chi connectivity index (χ2n) is 5.63. The van der Waals surface area contributed by atoms with Gasteiger partial charge in [0.1, 0.15) is 12.3 Å². The minimum atomic E-state index is -0.656. The van der Waals surface area contributed by atoms with Gasteiger partial charge in [-0.1, -0.05) is 0 Å². The number of nitrogens with zero attached hydrogens (tertiary/aromatic N) is 2. The van der Waals surface area contributed by atoms with E-state index >= 15 is 0 Å². The molecule has 0 spiro atoms. The molecular weight excluding hydrogens is 314 g/mol. The lowest BCUT2D eigenvalue weighted by Gasteiger charge is -2.10. The zero-order chi connectivity index (χ0) is 18.2. The number of hydrogen-bond acceptors (Lipinski definition) is 5. The quantitative estimate of drug-likeness (QED) is 0.651. The zero-order valence-corrected chi connectivity index (χ0v) is 14.2. The fourth-order valence-electron chi connectivity index (χ4n) is 2.61. The summed E-state index contributed by atoms with van der Waals surface area (Å²) in [5.74, 6) is -0.800. The summed E-state index contributed by atoms with van der Waals surface area (Å²) in [5.41, 5.74) is 1.06. The number of rotatable bonds is 4. The molecule has 24 heavy (non-hydrogen) atoms. The van der Waals surface area contributed by atoms with Crippen molar-refractivity contribution >= 4 is 11.8 Å². The van der Waals surface area contributed by atoms with Gasteiger partial charge >= 0.3 is 11.7 Å². The lowest BCUT2D eigenvalue weighted by molar-refractivity contribution is 0.0455. The number of H-pyrrole nitrogens is 1. The van der Waals surface area contributed by atoms with Crippen molar-refractivity contribution in [3.8, 4) is 0 Å². The molecule has 0 aliphatic carbocycles. The number of nitrogens with one attached hydrogen (secondary N) is 1. The number of Topliss-reactive ketones (excluding diaryl/α,β-unsaturated/α-hetero) is 1. The van der Waals surface area contributed by atoms with Gasteiger partial charge in [0, 0.05) is 31.4 Å². The summed E-state index contributed by atoms with van der Waals surface area (Å²) in [6.45, 7) is 4.55. The Labute approximate surface area is 137 Å². The van der Waals surface area contributed by atoms with Gasteiger partial charge in [0.2, 0.25) is 0 Å². The van der Waals surface area contributed by atoms with Crippen LogP contribution < -0.4 is 11.2 Å². The highest BCUT2D eigenvalue weighted by Gasteiger charge is 2.21. The molecule has 0 amide bonds. The van der Waals surface area contributed by atoms with Gasteiger partial charge in [-0.05, 0) is 26.3 Å². The summed E-state index contributed by atoms with van der Waals surface area (Å²) in [6.07, 6.45) is 0. The number of aromatic amines is 1. The lowest BCUT2D eigenvalue weighted by atomic mass is 10.1. The van der Waals surface area contributed by atoms with Crippen molar-refractivity contribution < 1.29 is 14.3 Å². The van der Waals surface area contributed by atoms with Crippen LogP contribution in [0.25, 0.3) is 0 Å². The van der Waals surface area contributed by atoms with Crippen molar-refractivity contribution in [1.29, 1.82) is 0 Å². The molecule has 2 aromatic rings. The number of aryl methyl sites for hydroxylation is 1. The van der Waals surface area contributed by atoms with E-state index in [0.717, 1.165) is 4.57 Å². The van der Waals surface area contributed by atoms with Gasteiger partial charge in [-0.15, -0.1) is 0 Å². The predicted octanol–water partition coefficient (Wildman–Crippen LogP) is 0.589. The van der Waals surface area contributed by atoms with Gasteiger partial charge in [0.15, 0.2) is 5.78 Å². The first-order chi connectivity index (χ1) is 11.1. The third-order valence-electron chi connectivity index (χ3n) is 3.97. The molecule has 2 rings (SSSR count). The van der Waals surface area contributed by atoms with Crippen LogP contribution in [0.1, 0.15) is 44.7 Å². The Bertz CT molecular complexity index is 946. The molecule has 2 aromatic heterocycles. The lowest BCUT2D eigenvalue weighted by Crippen LogP contribution is -2.38. The molecule has 0 bridgehead atoms. The standard InChI is InChI=1S/C16H19N3O5/c1-8-13(10(3)20)9(2)17-14(8)15(22)24-7-11-6-12(21)19(5)16(23)18(11)4/h6,17H,7H2,1-5H3. The van der Waals surface area contributed by atoms with Crippen LogP contribution in [0.3, 0.4) is 0 Å². The van der Waals surface area contributed by atoms with Crippen molar-refractivity contribution in [3.63, 3.8) is 0 Å². The molecule has 0 saturated heterocycles. The summed E-state index contributed by atoms with van der Waals surface area (Å²) in [7, 11) is 2.86. The second-order valence-corrected chi connectivity index (χ2v) is 5.63. The topological polar surface area (TPSA) is 103 Å². The molecule has 2 heterocycles. The molecule has 1 N–H and O–H groups in total. The van der Waals surface area contributed by atoms with E-state index in [1.54, 1.807) is 13.8 Å². The fourth-order valence-corrected chi connectivity index (χ4v) is 2.61. The Morgan fingerprint density at radius 2 is 1.79 bits per heavy atom. The normalized spacial score (nSPS) is 10.7. The molecular formula is C16H19N3O5. The van der Waals surface area contributed by atoms with Gasteiger partial charge in [0.05, 0.1) is 5.69 Å². The van der Waals surface area contributed by atoms with E-state index < -0.39 is 17.2 Å². The number of esters is 1. The first-order valence-corrected chi connectivity index (χ1v) is 7.28. The van der Waals surface area contributed by atoms with Crippen molar-refractivity contribution in [2.75, 3.05) is 0 Å². The first-order valence-electron chi connectivity index (χ1n) is 7.28. The van der Waals surface area contributed by atoms with E-state index in [-0.39, 0.29) is 23.8 Å². The molecule has 0 atom stereocenters. The van der Waals surface area contributed by atoms with E-state index in [2.05, 4.69) is 4.98 Å². The fraction of sp³-hybridized carbons (Fsp3) is 0.375. The average molecular weight is 333 g/mol. The van der Waals surface area contributed by atoms with Crippen LogP contribution in [0.5, 0.6) is 0 Å².